The van der Waals surface area contributed by atoms with Crippen LogP contribution in [-0.4, -0.2) is 0 Å². The molecule has 0 spiro atoms. The number of benzene rings is 1. The van der Waals surface area contributed by atoms with Crippen molar-refractivity contribution in [1.82, 2.24) is 5.43 Å². The Morgan fingerprint density at radius 3 is 2.45 bits per heavy atom. The predicted molar refractivity (Wildman–Crippen MR) is 82.4 cm³/mol. The van der Waals surface area contributed by atoms with E-state index in [0.29, 0.717) is 5.56 Å². The van der Waals surface area contributed by atoms with Gasteiger partial charge in [0.15, 0.2) is 0 Å². The Bertz CT molecular complexity index is 610. The lowest BCUT2D eigenvalue weighted by Crippen LogP contribution is -2.29. The standard InChI is InChI=1S/C13H12F3IN2S/c1-7-4-9(13(14,15)16)2-3-10(7)12(19-18)8-5-11(17)20-6-8/h2-6,12,19H,18H2,1H3. The van der Waals surface area contributed by atoms with Crippen molar-refractivity contribution in [3.63, 3.8) is 0 Å². The maximum Gasteiger partial charge on any atom is 0.416 e. The van der Waals surface area contributed by atoms with Crippen LogP contribution in [0.5, 0.6) is 0 Å². The number of hydrogen-bond donors (Lipinski definition) is 2. The molecule has 108 valence electrons. The number of halogens is 4. The summed E-state index contributed by atoms with van der Waals surface area (Å²) in [6.45, 7) is 1.66. The Labute approximate surface area is 132 Å². The van der Waals surface area contributed by atoms with E-state index in [9.17, 15) is 13.2 Å². The molecule has 0 bridgehead atoms. The first-order valence-corrected chi connectivity index (χ1v) is 7.66. The topological polar surface area (TPSA) is 38.0 Å². The van der Waals surface area contributed by atoms with Gasteiger partial charge in [-0.1, -0.05) is 6.07 Å². The summed E-state index contributed by atoms with van der Waals surface area (Å²) < 4.78 is 39.1. The summed E-state index contributed by atoms with van der Waals surface area (Å²) in [5.74, 6) is 5.57. The first kappa shape index (κ1) is 15.7. The Morgan fingerprint density at radius 2 is 2.00 bits per heavy atom. The predicted octanol–water partition coefficient (Wildman–Crippen LogP) is 4.23. The molecule has 0 radical (unpaired) electrons. The van der Waals surface area contributed by atoms with Crippen LogP contribution in [0.25, 0.3) is 0 Å². The quantitative estimate of drug-likeness (QED) is 0.450. The molecule has 0 fully saturated rings. The van der Waals surface area contributed by atoms with Gasteiger partial charge in [-0.05, 0) is 69.8 Å². The summed E-state index contributed by atoms with van der Waals surface area (Å²) >= 11 is 3.76. The van der Waals surface area contributed by atoms with E-state index in [1.807, 2.05) is 11.4 Å². The minimum atomic E-state index is -4.33. The average molecular weight is 412 g/mol. The third kappa shape index (κ3) is 3.33. The van der Waals surface area contributed by atoms with Crippen molar-refractivity contribution in [3.8, 4) is 0 Å². The van der Waals surface area contributed by atoms with Crippen molar-refractivity contribution in [1.29, 1.82) is 0 Å². The maximum absolute atomic E-state index is 12.7. The lowest BCUT2D eigenvalue weighted by atomic mass is 9.95. The highest BCUT2D eigenvalue weighted by Gasteiger charge is 2.31. The van der Waals surface area contributed by atoms with E-state index in [0.717, 1.165) is 26.1 Å². The molecule has 2 nitrogen and oxygen atoms in total. The molecule has 1 atom stereocenters. The number of aryl methyl sites for hydroxylation is 1. The van der Waals surface area contributed by atoms with E-state index in [-0.39, 0.29) is 6.04 Å². The van der Waals surface area contributed by atoms with E-state index in [2.05, 4.69) is 28.0 Å². The second kappa shape index (κ2) is 6.00. The van der Waals surface area contributed by atoms with Gasteiger partial charge in [0, 0.05) is 0 Å². The number of rotatable bonds is 3. The molecule has 1 aromatic heterocycles. The fourth-order valence-electron chi connectivity index (χ4n) is 2.02. The van der Waals surface area contributed by atoms with Crippen LogP contribution >= 0.6 is 33.9 Å². The van der Waals surface area contributed by atoms with Crippen LogP contribution in [0.15, 0.2) is 29.6 Å². The monoisotopic (exact) mass is 412 g/mol. The molecule has 0 saturated carbocycles. The van der Waals surface area contributed by atoms with Crippen LogP contribution < -0.4 is 11.3 Å². The number of hydrazine groups is 1. The summed E-state index contributed by atoms with van der Waals surface area (Å²) in [4.78, 5) is 0. The maximum atomic E-state index is 12.7. The molecule has 1 aromatic carbocycles. The van der Waals surface area contributed by atoms with Crippen molar-refractivity contribution < 1.29 is 13.2 Å². The SMILES string of the molecule is Cc1cc(C(F)(F)F)ccc1C(NN)c1csc(I)c1. The number of thiophene rings is 1. The lowest BCUT2D eigenvalue weighted by molar-refractivity contribution is -0.137. The minimum absolute atomic E-state index is 0.308. The molecule has 0 aliphatic heterocycles. The van der Waals surface area contributed by atoms with E-state index >= 15 is 0 Å². The molecule has 0 aliphatic carbocycles. The van der Waals surface area contributed by atoms with Gasteiger partial charge in [-0.15, -0.1) is 11.3 Å². The Balaban J connectivity index is 2.41. The summed E-state index contributed by atoms with van der Waals surface area (Å²) in [5, 5.41) is 1.95. The molecular weight excluding hydrogens is 400 g/mol. The van der Waals surface area contributed by atoms with Gasteiger partial charge in [-0.3, -0.25) is 5.84 Å². The van der Waals surface area contributed by atoms with Crippen molar-refractivity contribution in [2.45, 2.75) is 19.1 Å². The van der Waals surface area contributed by atoms with Crippen LogP contribution in [0.2, 0.25) is 0 Å². The van der Waals surface area contributed by atoms with Crippen LogP contribution in [-0.2, 0) is 6.18 Å². The highest BCUT2D eigenvalue weighted by Crippen LogP contribution is 2.33. The fraction of sp³-hybridized carbons (Fsp3) is 0.231. The van der Waals surface area contributed by atoms with Gasteiger partial charge >= 0.3 is 6.18 Å². The minimum Gasteiger partial charge on any atom is -0.271 e. The second-order valence-electron chi connectivity index (χ2n) is 4.35. The zero-order chi connectivity index (χ0) is 14.9. The number of hydrogen-bond acceptors (Lipinski definition) is 3. The first-order chi connectivity index (χ1) is 9.32. The van der Waals surface area contributed by atoms with Crippen molar-refractivity contribution in [2.24, 2.45) is 5.84 Å². The van der Waals surface area contributed by atoms with Gasteiger partial charge in [-0.2, -0.15) is 13.2 Å². The lowest BCUT2D eigenvalue weighted by Gasteiger charge is -2.19. The summed E-state index contributed by atoms with van der Waals surface area (Å²) in [6, 6.07) is 5.37. The van der Waals surface area contributed by atoms with Gasteiger partial charge in [0.2, 0.25) is 0 Å². The van der Waals surface area contributed by atoms with Crippen LogP contribution in [0, 0.1) is 9.81 Å². The highest BCUT2D eigenvalue weighted by molar-refractivity contribution is 14.1. The van der Waals surface area contributed by atoms with Crippen molar-refractivity contribution in [2.75, 3.05) is 0 Å². The number of alkyl halides is 3. The normalized spacial score (nSPS) is 13.5. The molecule has 0 aliphatic rings. The molecule has 0 amide bonds. The molecule has 7 heteroatoms. The molecule has 1 heterocycles. The molecule has 2 aromatic rings. The van der Waals surface area contributed by atoms with Gasteiger partial charge in [0.1, 0.15) is 0 Å². The Morgan fingerprint density at radius 1 is 1.30 bits per heavy atom. The van der Waals surface area contributed by atoms with Crippen molar-refractivity contribution in [3.05, 3.63) is 54.8 Å². The van der Waals surface area contributed by atoms with Crippen molar-refractivity contribution >= 4 is 33.9 Å². The van der Waals surface area contributed by atoms with Gasteiger partial charge in [-0.25, -0.2) is 5.43 Å². The van der Waals surface area contributed by atoms with E-state index in [1.165, 1.54) is 6.07 Å². The van der Waals surface area contributed by atoms with E-state index < -0.39 is 11.7 Å². The number of nitrogens with two attached hydrogens (primary N) is 1. The molecule has 3 N–H and O–H groups in total. The smallest absolute Gasteiger partial charge is 0.271 e. The molecule has 2 rings (SSSR count). The van der Waals surface area contributed by atoms with Gasteiger partial charge in [0.25, 0.3) is 0 Å². The molecular formula is C13H12F3IN2S. The largest absolute Gasteiger partial charge is 0.416 e. The van der Waals surface area contributed by atoms with Gasteiger partial charge < -0.3 is 0 Å². The van der Waals surface area contributed by atoms with Crippen LogP contribution in [0.4, 0.5) is 13.2 Å². The zero-order valence-corrected chi connectivity index (χ0v) is 13.4. The summed E-state index contributed by atoms with van der Waals surface area (Å²) in [6.07, 6.45) is -4.33. The number of nitrogens with one attached hydrogen (secondary N) is 1. The zero-order valence-electron chi connectivity index (χ0n) is 10.5. The summed E-state index contributed by atoms with van der Waals surface area (Å²) in [5.41, 5.74) is 4.28. The third-order valence-electron chi connectivity index (χ3n) is 3.00. The Kier molecular flexibility index (Phi) is 4.73. The third-order valence-corrected chi connectivity index (χ3v) is 4.80. The first-order valence-electron chi connectivity index (χ1n) is 5.70. The van der Waals surface area contributed by atoms with Crippen LogP contribution in [0.1, 0.15) is 28.3 Å². The Hall–Kier alpha value is -0.640. The average Bonchev–Trinajstić information content (AvgIpc) is 2.77. The van der Waals surface area contributed by atoms with E-state index in [1.54, 1.807) is 18.3 Å². The van der Waals surface area contributed by atoms with Gasteiger partial charge in [0.05, 0.1) is 14.5 Å². The fourth-order valence-corrected chi connectivity index (χ4v) is 3.41. The molecule has 0 saturated heterocycles. The summed E-state index contributed by atoms with van der Waals surface area (Å²) in [7, 11) is 0. The molecule has 20 heavy (non-hydrogen) atoms. The highest BCUT2D eigenvalue weighted by atomic mass is 127. The van der Waals surface area contributed by atoms with E-state index in [4.69, 9.17) is 5.84 Å². The second-order valence-corrected chi connectivity index (χ2v) is 7.16. The van der Waals surface area contributed by atoms with Crippen LogP contribution in [0.3, 0.4) is 0 Å². The molecule has 1 unspecified atom stereocenters.